The molecular weight excluding hydrogens is 513 g/mol. The van der Waals surface area contributed by atoms with E-state index >= 15 is 0 Å². The monoisotopic (exact) mass is 530 g/mol. The predicted octanol–water partition coefficient (Wildman–Crippen LogP) is 4.82. The summed E-state index contributed by atoms with van der Waals surface area (Å²) in [6, 6.07) is 4.84. The van der Waals surface area contributed by atoms with Gasteiger partial charge < -0.3 is 15.4 Å². The van der Waals surface area contributed by atoms with E-state index in [2.05, 4.69) is 20.6 Å². The molecular formula is C21H18ClF3N4O3S2. The number of halogens is 4. The molecule has 0 unspecified atom stereocenters. The Morgan fingerprint density at radius 3 is 2.82 bits per heavy atom. The van der Waals surface area contributed by atoms with Gasteiger partial charge in [-0.15, -0.1) is 0 Å². The molecule has 0 saturated carbocycles. The maximum Gasteiger partial charge on any atom is 0.420 e. The van der Waals surface area contributed by atoms with Crippen LogP contribution in [0.2, 0.25) is 5.02 Å². The lowest BCUT2D eigenvalue weighted by Gasteiger charge is -2.19. The van der Waals surface area contributed by atoms with Crippen LogP contribution in [0.1, 0.15) is 23.1 Å². The number of alkyl halides is 3. The van der Waals surface area contributed by atoms with Gasteiger partial charge in [0, 0.05) is 12.7 Å². The van der Waals surface area contributed by atoms with Gasteiger partial charge >= 0.3 is 6.18 Å². The summed E-state index contributed by atoms with van der Waals surface area (Å²) in [5, 5.41) is 6.62. The first-order chi connectivity index (χ1) is 16.1. The Morgan fingerprint density at radius 1 is 1.21 bits per heavy atom. The van der Waals surface area contributed by atoms with Gasteiger partial charge in [0.25, 0.3) is 0 Å². The molecule has 4 heterocycles. The van der Waals surface area contributed by atoms with Crippen LogP contribution in [0, 0.1) is 0 Å². The number of benzene rings is 1. The first-order valence-corrected chi connectivity index (χ1v) is 13.2. The van der Waals surface area contributed by atoms with E-state index in [1.807, 2.05) is 6.07 Å². The maximum atomic E-state index is 13.8. The number of nitrogens with one attached hydrogen (secondary N) is 2. The SMILES string of the molecule is O=S1(=O)CCCOc2sc(-c3nc(Nc4cc5c(cc4Cl)CNCC5)ncc3C(F)(F)F)cc21. The number of ether oxygens (including phenoxy) is 1. The third-order valence-corrected chi connectivity index (χ3v) is 8.84. The number of hydrogen-bond acceptors (Lipinski definition) is 8. The molecule has 5 rings (SSSR count). The third kappa shape index (κ3) is 4.47. The van der Waals surface area contributed by atoms with Gasteiger partial charge in [-0.25, -0.2) is 18.4 Å². The highest BCUT2D eigenvalue weighted by Crippen LogP contribution is 2.45. The minimum absolute atomic E-state index is 0.0239. The van der Waals surface area contributed by atoms with Crippen molar-refractivity contribution in [3.05, 3.63) is 46.1 Å². The minimum Gasteiger partial charge on any atom is -0.483 e. The van der Waals surface area contributed by atoms with Crippen molar-refractivity contribution in [3.63, 3.8) is 0 Å². The fourth-order valence-corrected chi connectivity index (χ4v) is 6.94. The molecule has 34 heavy (non-hydrogen) atoms. The number of hydrogen-bond donors (Lipinski definition) is 2. The highest BCUT2D eigenvalue weighted by atomic mass is 35.5. The molecule has 2 aliphatic heterocycles. The summed E-state index contributed by atoms with van der Waals surface area (Å²) >= 11 is 7.20. The standard InChI is InChI=1S/C21H18ClF3N4O3S2/c22-14-6-12-9-26-3-2-11(12)7-15(14)28-20-27-10-13(21(23,24)25)18(29-20)16-8-17-19(33-16)32-4-1-5-34(17,30)31/h6-8,10,26H,1-5,9H2,(H,27,28,29). The second-order valence-corrected chi connectivity index (χ2v) is 11.4. The summed E-state index contributed by atoms with van der Waals surface area (Å²) in [5.41, 5.74) is 1.09. The average molecular weight is 531 g/mol. The Balaban J connectivity index is 1.57. The van der Waals surface area contributed by atoms with Crippen LogP contribution in [0.3, 0.4) is 0 Å². The van der Waals surface area contributed by atoms with Crippen LogP contribution >= 0.6 is 22.9 Å². The molecule has 13 heteroatoms. The molecule has 0 amide bonds. The largest absolute Gasteiger partial charge is 0.483 e. The first-order valence-electron chi connectivity index (χ1n) is 10.3. The molecule has 0 aliphatic carbocycles. The molecule has 1 aromatic carbocycles. The molecule has 180 valence electrons. The van der Waals surface area contributed by atoms with Crippen LogP contribution < -0.4 is 15.4 Å². The lowest BCUT2D eigenvalue weighted by atomic mass is 10.0. The zero-order valence-electron chi connectivity index (χ0n) is 17.5. The van der Waals surface area contributed by atoms with Gasteiger partial charge in [0.05, 0.1) is 33.6 Å². The van der Waals surface area contributed by atoms with E-state index in [1.54, 1.807) is 6.07 Å². The molecule has 2 aliphatic rings. The Hall–Kier alpha value is -2.41. The molecule has 0 fully saturated rings. The third-order valence-electron chi connectivity index (χ3n) is 5.54. The summed E-state index contributed by atoms with van der Waals surface area (Å²) in [7, 11) is -3.66. The van der Waals surface area contributed by atoms with E-state index in [9.17, 15) is 21.6 Å². The van der Waals surface area contributed by atoms with Gasteiger partial charge in [-0.2, -0.15) is 13.2 Å². The van der Waals surface area contributed by atoms with E-state index in [0.29, 0.717) is 29.9 Å². The second-order valence-electron chi connectivity index (χ2n) is 7.89. The molecule has 3 aromatic rings. The lowest BCUT2D eigenvalue weighted by Crippen LogP contribution is -2.23. The van der Waals surface area contributed by atoms with E-state index in [4.69, 9.17) is 16.3 Å². The summed E-state index contributed by atoms with van der Waals surface area (Å²) < 4.78 is 71.8. The Labute approximate surface area is 202 Å². The van der Waals surface area contributed by atoms with Crippen molar-refractivity contribution in [2.24, 2.45) is 0 Å². The van der Waals surface area contributed by atoms with E-state index in [0.717, 1.165) is 35.4 Å². The Kier molecular flexibility index (Phi) is 5.95. The number of rotatable bonds is 3. The van der Waals surface area contributed by atoms with Crippen LogP contribution in [0.25, 0.3) is 10.6 Å². The van der Waals surface area contributed by atoms with Crippen LogP contribution in [0.4, 0.5) is 24.8 Å². The summed E-state index contributed by atoms with van der Waals surface area (Å²) in [5.74, 6) is -0.225. The van der Waals surface area contributed by atoms with Crippen LogP contribution in [0.15, 0.2) is 29.3 Å². The van der Waals surface area contributed by atoms with E-state index in [1.165, 1.54) is 6.07 Å². The van der Waals surface area contributed by atoms with Gasteiger partial charge in [0.15, 0.2) is 14.9 Å². The second kappa shape index (κ2) is 8.67. The Bertz CT molecular complexity index is 1380. The number of anilines is 2. The van der Waals surface area contributed by atoms with Crippen molar-refractivity contribution in [1.82, 2.24) is 15.3 Å². The quantitative estimate of drug-likeness (QED) is 0.501. The molecule has 0 spiro atoms. The number of aromatic nitrogens is 2. The van der Waals surface area contributed by atoms with Crippen molar-refractivity contribution in [2.45, 2.75) is 30.5 Å². The van der Waals surface area contributed by atoms with Crippen molar-refractivity contribution in [2.75, 3.05) is 24.2 Å². The van der Waals surface area contributed by atoms with Crippen molar-refractivity contribution >= 4 is 44.4 Å². The zero-order valence-corrected chi connectivity index (χ0v) is 19.9. The Morgan fingerprint density at radius 2 is 2.03 bits per heavy atom. The first kappa shape index (κ1) is 23.3. The van der Waals surface area contributed by atoms with Crippen molar-refractivity contribution in [1.29, 1.82) is 0 Å². The topological polar surface area (TPSA) is 93.2 Å². The van der Waals surface area contributed by atoms with E-state index in [-0.39, 0.29) is 33.1 Å². The maximum absolute atomic E-state index is 13.8. The smallest absolute Gasteiger partial charge is 0.420 e. The van der Waals surface area contributed by atoms with E-state index < -0.39 is 27.3 Å². The number of sulfone groups is 1. The summed E-state index contributed by atoms with van der Waals surface area (Å²) in [6.45, 7) is 1.66. The number of nitrogens with zero attached hydrogens (tertiary/aromatic N) is 2. The van der Waals surface area contributed by atoms with Gasteiger partial charge in [0.2, 0.25) is 5.95 Å². The normalized spacial score (nSPS) is 17.3. The van der Waals surface area contributed by atoms with Gasteiger partial charge in [-0.05, 0) is 48.7 Å². The van der Waals surface area contributed by atoms with Crippen LogP contribution in [-0.2, 0) is 29.0 Å². The highest BCUT2D eigenvalue weighted by molar-refractivity contribution is 7.91. The molecule has 2 aromatic heterocycles. The van der Waals surface area contributed by atoms with Gasteiger partial charge in [-0.1, -0.05) is 22.9 Å². The highest BCUT2D eigenvalue weighted by Gasteiger charge is 2.37. The fraction of sp³-hybridized carbons (Fsp3) is 0.333. The van der Waals surface area contributed by atoms with Gasteiger partial charge in [-0.3, -0.25) is 0 Å². The molecule has 0 saturated heterocycles. The van der Waals surface area contributed by atoms with Crippen LogP contribution in [-0.4, -0.2) is 37.3 Å². The molecule has 7 nitrogen and oxygen atoms in total. The molecule has 0 bridgehead atoms. The predicted molar refractivity (Wildman–Crippen MR) is 123 cm³/mol. The molecule has 0 atom stereocenters. The average Bonchev–Trinajstić information content (AvgIpc) is 3.16. The fourth-order valence-electron chi connectivity index (χ4n) is 3.87. The van der Waals surface area contributed by atoms with Crippen LogP contribution in [0.5, 0.6) is 5.06 Å². The van der Waals surface area contributed by atoms with Crippen molar-refractivity contribution in [3.8, 4) is 15.6 Å². The zero-order chi connectivity index (χ0) is 24.1. The van der Waals surface area contributed by atoms with Crippen molar-refractivity contribution < 1.29 is 26.3 Å². The molecule has 2 N–H and O–H groups in total. The van der Waals surface area contributed by atoms with Gasteiger partial charge in [0.1, 0.15) is 10.5 Å². The molecule has 0 radical (unpaired) electrons. The lowest BCUT2D eigenvalue weighted by molar-refractivity contribution is -0.137. The summed E-state index contributed by atoms with van der Waals surface area (Å²) in [6.07, 6.45) is -2.96. The summed E-state index contributed by atoms with van der Waals surface area (Å²) in [4.78, 5) is 7.88. The number of fused-ring (bicyclic) bond motifs is 2. The minimum atomic E-state index is -4.74. The number of thiophene rings is 1.